The molecule has 0 saturated heterocycles. The number of carbonyl (C=O) groups is 5. The average molecular weight is 526 g/mol. The number of unbranched alkanes of at least 4 members (excludes halogenated alkanes) is 1. The number of ketones is 1. The molecular weight excluding hydrogens is 500 g/mol. The first-order valence-corrected chi connectivity index (χ1v) is 11.4. The number of Topliss-reactive ketones (excluding diaryl/α,β-unsaturated/α-hetero) is 1. The van der Waals surface area contributed by atoms with Gasteiger partial charge in [-0.3, -0.25) is 14.4 Å². The maximum Gasteiger partial charge on any atom is 0.338 e. The van der Waals surface area contributed by atoms with Gasteiger partial charge in [0.2, 0.25) is 5.78 Å². The third-order valence-electron chi connectivity index (χ3n) is 5.09. The van der Waals surface area contributed by atoms with Gasteiger partial charge < -0.3 is 25.4 Å². The van der Waals surface area contributed by atoms with Crippen molar-refractivity contribution < 1.29 is 48.9 Å². The van der Waals surface area contributed by atoms with Gasteiger partial charge in [-0.2, -0.15) is 0 Å². The highest BCUT2D eigenvalue weighted by Gasteiger charge is 2.19. The Kier molecular flexibility index (Phi) is 11.4. The summed E-state index contributed by atoms with van der Waals surface area (Å²) in [4.78, 5) is 64.4. The predicted octanol–water partition coefficient (Wildman–Crippen LogP) is 2.01. The maximum atomic E-state index is 12.5. The van der Waals surface area contributed by atoms with Gasteiger partial charge in [-0.05, 0) is 61.7 Å². The third-order valence-corrected chi connectivity index (χ3v) is 5.09. The fourth-order valence-electron chi connectivity index (χ4n) is 3.27. The van der Waals surface area contributed by atoms with E-state index in [2.05, 4.69) is 10.8 Å². The molecule has 5 N–H and O–H groups in total. The zero-order chi connectivity index (χ0) is 28.1. The van der Waals surface area contributed by atoms with Crippen LogP contribution in [-0.4, -0.2) is 64.6 Å². The second kappa shape index (κ2) is 14.7. The minimum absolute atomic E-state index is 0.0162. The highest BCUT2D eigenvalue weighted by molar-refractivity contribution is 6.12. The number of aromatic carboxylic acids is 2. The minimum atomic E-state index is -1.34. The lowest BCUT2D eigenvalue weighted by Gasteiger charge is -2.11. The summed E-state index contributed by atoms with van der Waals surface area (Å²) in [5, 5.41) is 29.8. The number of hydrogen-bond donors (Lipinski definition) is 5. The number of benzene rings is 2. The number of aliphatic hydroxyl groups is 1. The molecule has 2 rings (SSSR count). The first-order valence-electron chi connectivity index (χ1n) is 11.4. The van der Waals surface area contributed by atoms with Crippen LogP contribution in [0.1, 0.15) is 77.1 Å². The first kappa shape index (κ1) is 29.5. The molecule has 0 bridgehead atoms. The molecule has 12 heteroatoms. The van der Waals surface area contributed by atoms with Crippen molar-refractivity contribution in [3.05, 3.63) is 69.8 Å². The Bertz CT molecular complexity index is 1280. The van der Waals surface area contributed by atoms with E-state index in [1.54, 1.807) is 6.92 Å². The molecule has 2 aromatic carbocycles. The minimum Gasteiger partial charge on any atom is -0.478 e. The van der Waals surface area contributed by atoms with Crippen molar-refractivity contribution in [3.8, 4) is 12.0 Å². The molecule has 0 spiro atoms. The van der Waals surface area contributed by atoms with Gasteiger partial charge in [0.25, 0.3) is 5.91 Å². The van der Waals surface area contributed by atoms with Gasteiger partial charge in [-0.15, -0.1) is 0 Å². The number of carbonyl (C=O) groups excluding carboxylic acids is 3. The molecule has 0 unspecified atom stereocenters. The summed E-state index contributed by atoms with van der Waals surface area (Å²) in [6.07, 6.45) is 2.48. The molecule has 200 valence electrons. The van der Waals surface area contributed by atoms with E-state index >= 15 is 0 Å². The van der Waals surface area contributed by atoms with Crippen LogP contribution in [0.15, 0.2) is 36.4 Å². The van der Waals surface area contributed by atoms with E-state index in [1.807, 2.05) is 5.92 Å². The van der Waals surface area contributed by atoms with Crippen LogP contribution < -0.4 is 10.8 Å². The number of nitrogens with one attached hydrogen (secondary N) is 2. The van der Waals surface area contributed by atoms with Gasteiger partial charge in [-0.25, -0.2) is 19.9 Å². The van der Waals surface area contributed by atoms with Crippen molar-refractivity contribution >= 4 is 29.6 Å². The van der Waals surface area contributed by atoms with Crippen LogP contribution >= 0.6 is 0 Å². The Labute approximate surface area is 217 Å². The Balaban J connectivity index is 1.83. The second-order valence-corrected chi connectivity index (χ2v) is 7.68. The summed E-state index contributed by atoms with van der Waals surface area (Å²) in [5.74, 6) is -2.65. The van der Waals surface area contributed by atoms with E-state index in [9.17, 15) is 34.2 Å². The standard InChI is InChI=1S/C26H26N2O10/c1-2-37-26(36)17-6-7-19(24(32)33)18(13-17)15-38-28-11-4-3-10-27-23(31)21-14-16(22(30)9-12-29)5-8-20(21)25(34)35/h5-8,13-14,28-29H,2-4,10-11,15H2,1H3,(H,27,31)(H,32,33)(H,34,35). The van der Waals surface area contributed by atoms with Crippen molar-refractivity contribution in [2.24, 2.45) is 0 Å². The number of aliphatic hydroxyl groups excluding tert-OH is 1. The summed E-state index contributed by atoms with van der Waals surface area (Å²) in [5.41, 5.74) is 2.59. The van der Waals surface area contributed by atoms with Crippen LogP contribution in [0.4, 0.5) is 0 Å². The third kappa shape index (κ3) is 8.44. The van der Waals surface area contributed by atoms with Crippen LogP contribution in [0.3, 0.4) is 0 Å². The van der Waals surface area contributed by atoms with E-state index in [-0.39, 0.29) is 53.1 Å². The lowest BCUT2D eigenvalue weighted by molar-refractivity contribution is 0.0263. The number of ether oxygens (including phenoxy) is 1. The fourth-order valence-corrected chi connectivity index (χ4v) is 3.27. The summed E-state index contributed by atoms with van der Waals surface area (Å²) < 4.78 is 4.92. The Morgan fingerprint density at radius 1 is 0.868 bits per heavy atom. The molecule has 0 aliphatic rings. The second-order valence-electron chi connectivity index (χ2n) is 7.68. The van der Waals surface area contributed by atoms with Crippen molar-refractivity contribution in [2.75, 3.05) is 19.7 Å². The molecule has 12 nitrogen and oxygen atoms in total. The predicted molar refractivity (Wildman–Crippen MR) is 131 cm³/mol. The summed E-state index contributed by atoms with van der Waals surface area (Å²) in [6.45, 7) is 2.25. The van der Waals surface area contributed by atoms with Crippen molar-refractivity contribution in [3.63, 3.8) is 0 Å². The highest BCUT2D eigenvalue weighted by atomic mass is 16.6. The van der Waals surface area contributed by atoms with Crippen LogP contribution in [0, 0.1) is 12.0 Å². The maximum absolute atomic E-state index is 12.5. The Morgan fingerprint density at radius 3 is 2.18 bits per heavy atom. The van der Waals surface area contributed by atoms with Crippen molar-refractivity contribution in [1.29, 1.82) is 0 Å². The van der Waals surface area contributed by atoms with Gasteiger partial charge in [0, 0.05) is 24.6 Å². The molecule has 1 amide bonds. The number of rotatable bonds is 14. The lowest BCUT2D eigenvalue weighted by Crippen LogP contribution is -2.27. The summed E-state index contributed by atoms with van der Waals surface area (Å²) in [6, 6.07) is 7.47. The van der Waals surface area contributed by atoms with Gasteiger partial charge in [0.1, 0.15) is 6.11 Å². The molecule has 0 radical (unpaired) electrons. The first-order chi connectivity index (χ1) is 18.2. The van der Waals surface area contributed by atoms with Crippen LogP contribution in [-0.2, 0) is 16.2 Å². The summed E-state index contributed by atoms with van der Waals surface area (Å²) >= 11 is 0. The molecule has 2 aromatic rings. The quantitative estimate of drug-likeness (QED) is 0.0796. The number of carboxylic acids is 2. The fraction of sp³-hybridized carbons (Fsp3) is 0.269. The van der Waals surface area contributed by atoms with Gasteiger partial charge in [0.15, 0.2) is 0 Å². The molecule has 0 aliphatic heterocycles. The molecule has 0 aromatic heterocycles. The van der Waals surface area contributed by atoms with Crippen LogP contribution in [0.5, 0.6) is 0 Å². The molecule has 0 fully saturated rings. The van der Waals surface area contributed by atoms with Crippen molar-refractivity contribution in [2.45, 2.75) is 26.4 Å². The van der Waals surface area contributed by atoms with Gasteiger partial charge in [-0.1, -0.05) is 0 Å². The molecule has 38 heavy (non-hydrogen) atoms. The van der Waals surface area contributed by atoms with E-state index in [0.29, 0.717) is 19.4 Å². The monoisotopic (exact) mass is 526 g/mol. The molecule has 0 saturated carbocycles. The molecule has 0 atom stereocenters. The number of esters is 1. The van der Waals surface area contributed by atoms with Crippen molar-refractivity contribution in [1.82, 2.24) is 10.8 Å². The number of hydroxylamine groups is 1. The van der Waals surface area contributed by atoms with E-state index < -0.39 is 29.6 Å². The number of amides is 1. The summed E-state index contributed by atoms with van der Waals surface area (Å²) in [7, 11) is 0. The molecule has 0 heterocycles. The highest BCUT2D eigenvalue weighted by Crippen LogP contribution is 2.15. The molecule has 0 aliphatic carbocycles. The zero-order valence-corrected chi connectivity index (χ0v) is 20.4. The average Bonchev–Trinajstić information content (AvgIpc) is 2.89. The van der Waals surface area contributed by atoms with Gasteiger partial charge >= 0.3 is 17.9 Å². The SMILES string of the molecule is CCOC(=O)c1ccc(C(=O)O)c(CONCCCCNC(=O)c2cc(C(=O)C#CO)ccc2C(=O)O)c1. The van der Waals surface area contributed by atoms with E-state index in [0.717, 1.165) is 12.1 Å². The lowest BCUT2D eigenvalue weighted by atomic mass is 10.0. The molecular formula is C26H26N2O10. The zero-order valence-electron chi connectivity index (χ0n) is 20.4. The number of hydrogen-bond acceptors (Lipinski definition) is 9. The Hall–Kier alpha value is -4.73. The normalized spacial score (nSPS) is 10.1. The largest absolute Gasteiger partial charge is 0.478 e. The Morgan fingerprint density at radius 2 is 1.53 bits per heavy atom. The van der Waals surface area contributed by atoms with Crippen LogP contribution in [0.25, 0.3) is 0 Å². The smallest absolute Gasteiger partial charge is 0.338 e. The van der Waals surface area contributed by atoms with E-state index in [1.165, 1.54) is 30.4 Å². The number of carboxylic acid groups (broad SMARTS) is 2. The topological polar surface area (TPSA) is 189 Å². The van der Waals surface area contributed by atoms with E-state index in [4.69, 9.17) is 14.7 Å². The van der Waals surface area contributed by atoms with Gasteiger partial charge in [0.05, 0.1) is 35.5 Å². The van der Waals surface area contributed by atoms with Crippen LogP contribution in [0.2, 0.25) is 0 Å².